The van der Waals surface area contributed by atoms with Gasteiger partial charge in [-0.15, -0.1) is 0 Å². The lowest BCUT2D eigenvalue weighted by Crippen LogP contribution is -2.47. The first-order chi connectivity index (χ1) is 12.2. The second kappa shape index (κ2) is 7.85. The average molecular weight is 361 g/mol. The number of urea groups is 1. The molecule has 0 aliphatic carbocycles. The highest BCUT2D eigenvalue weighted by atomic mass is 16.6. The lowest BCUT2D eigenvalue weighted by atomic mass is 9.86. The predicted octanol–water partition coefficient (Wildman–Crippen LogP) is 3.04. The Morgan fingerprint density at radius 1 is 1.42 bits per heavy atom. The minimum Gasteiger partial charge on any atom is -0.495 e. The van der Waals surface area contributed by atoms with Gasteiger partial charge in [-0.25, -0.2) is 9.78 Å². The molecule has 2 aromatic rings. The van der Waals surface area contributed by atoms with E-state index < -0.39 is 11.0 Å². The molecule has 0 fully saturated rings. The third kappa shape index (κ3) is 4.95. The molecule has 0 aliphatic rings. The molecule has 26 heavy (non-hydrogen) atoms. The number of amides is 2. The van der Waals surface area contributed by atoms with Gasteiger partial charge in [-0.1, -0.05) is 20.8 Å². The summed E-state index contributed by atoms with van der Waals surface area (Å²) in [7, 11) is 1.43. The topological polar surface area (TPSA) is 111 Å². The zero-order valence-electron chi connectivity index (χ0n) is 15.2. The largest absolute Gasteiger partial charge is 0.495 e. The van der Waals surface area contributed by atoms with E-state index in [4.69, 9.17) is 4.74 Å². The second-order valence-corrected chi connectivity index (χ2v) is 6.92. The van der Waals surface area contributed by atoms with E-state index in [1.165, 1.54) is 25.3 Å². The number of anilines is 1. The highest BCUT2D eigenvalue weighted by molar-refractivity contribution is 5.91. The second-order valence-electron chi connectivity index (χ2n) is 6.92. The number of hydrogen-bond acceptors (Lipinski definition) is 5. The Morgan fingerprint density at radius 2 is 2.15 bits per heavy atom. The molecule has 0 spiro atoms. The van der Waals surface area contributed by atoms with Crippen molar-refractivity contribution < 1.29 is 14.5 Å². The van der Waals surface area contributed by atoms with Crippen LogP contribution < -0.4 is 15.4 Å². The maximum atomic E-state index is 12.5. The van der Waals surface area contributed by atoms with E-state index in [9.17, 15) is 14.9 Å². The first-order valence-corrected chi connectivity index (χ1v) is 8.06. The summed E-state index contributed by atoms with van der Waals surface area (Å²) < 4.78 is 7.04. The smallest absolute Gasteiger partial charge is 0.319 e. The van der Waals surface area contributed by atoms with Crippen LogP contribution in [0.5, 0.6) is 5.75 Å². The first-order valence-electron chi connectivity index (χ1n) is 8.06. The van der Waals surface area contributed by atoms with Crippen LogP contribution in [-0.2, 0) is 6.54 Å². The number of nitro benzene ring substituents is 1. The Morgan fingerprint density at radius 3 is 2.69 bits per heavy atom. The van der Waals surface area contributed by atoms with Gasteiger partial charge in [-0.2, -0.15) is 0 Å². The minimum atomic E-state index is -0.528. The first kappa shape index (κ1) is 19.2. The van der Waals surface area contributed by atoms with Crippen LogP contribution in [0.3, 0.4) is 0 Å². The van der Waals surface area contributed by atoms with Crippen molar-refractivity contribution in [2.75, 3.05) is 12.4 Å². The number of nitrogens with zero attached hydrogens (tertiary/aromatic N) is 3. The molecule has 2 N–H and O–H groups in total. The van der Waals surface area contributed by atoms with Gasteiger partial charge in [0, 0.05) is 31.1 Å². The molecule has 1 aromatic carbocycles. The van der Waals surface area contributed by atoms with Gasteiger partial charge in [0.15, 0.2) is 0 Å². The predicted molar refractivity (Wildman–Crippen MR) is 97.3 cm³/mol. The maximum absolute atomic E-state index is 12.5. The van der Waals surface area contributed by atoms with Crippen LogP contribution in [0.25, 0.3) is 0 Å². The normalized spacial score (nSPS) is 12.3. The summed E-state index contributed by atoms with van der Waals surface area (Å²) in [6, 6.07) is 3.37. The number of carbonyl (C=O) groups is 1. The third-order valence-electron chi connectivity index (χ3n) is 3.95. The summed E-state index contributed by atoms with van der Waals surface area (Å²) in [5, 5.41) is 16.5. The van der Waals surface area contributed by atoms with Gasteiger partial charge in [-0.05, 0) is 11.5 Å². The van der Waals surface area contributed by atoms with Crippen molar-refractivity contribution in [2.24, 2.45) is 5.41 Å². The summed E-state index contributed by atoms with van der Waals surface area (Å²) >= 11 is 0. The van der Waals surface area contributed by atoms with Gasteiger partial charge in [0.25, 0.3) is 5.69 Å². The van der Waals surface area contributed by atoms with Crippen LogP contribution in [0.1, 0.15) is 20.8 Å². The van der Waals surface area contributed by atoms with E-state index in [0.29, 0.717) is 12.3 Å². The summed E-state index contributed by atoms with van der Waals surface area (Å²) in [6.07, 6.45) is 5.18. The molecule has 1 unspecified atom stereocenters. The van der Waals surface area contributed by atoms with Crippen molar-refractivity contribution in [3.05, 3.63) is 47.0 Å². The molecule has 0 radical (unpaired) electrons. The summed E-state index contributed by atoms with van der Waals surface area (Å²) in [5.41, 5.74) is -0.115. The standard InChI is InChI=1S/C17H23N5O4/c1-17(2,3)15(10-21-8-7-18-11-21)20-16(23)19-13-9-12(22(24)25)5-6-14(13)26-4/h5-9,11,15H,10H2,1-4H3,(H2,19,20,23). The van der Waals surface area contributed by atoms with Crippen LogP contribution in [0.15, 0.2) is 36.9 Å². The van der Waals surface area contributed by atoms with Gasteiger partial charge in [0.1, 0.15) is 5.75 Å². The molecule has 0 saturated heterocycles. The quantitative estimate of drug-likeness (QED) is 0.607. The Kier molecular flexibility index (Phi) is 5.81. The Balaban J connectivity index is 2.15. The van der Waals surface area contributed by atoms with E-state index >= 15 is 0 Å². The van der Waals surface area contributed by atoms with E-state index in [0.717, 1.165) is 0 Å². The number of nitro groups is 1. The maximum Gasteiger partial charge on any atom is 0.319 e. The van der Waals surface area contributed by atoms with Crippen molar-refractivity contribution in [3.63, 3.8) is 0 Å². The van der Waals surface area contributed by atoms with E-state index in [-0.39, 0.29) is 22.8 Å². The average Bonchev–Trinajstić information content (AvgIpc) is 3.06. The van der Waals surface area contributed by atoms with Gasteiger partial charge in [0.05, 0.1) is 30.1 Å². The molecule has 1 aromatic heterocycles. The van der Waals surface area contributed by atoms with Crippen LogP contribution >= 0.6 is 0 Å². The number of aromatic nitrogens is 2. The fraction of sp³-hybridized carbons (Fsp3) is 0.412. The fourth-order valence-electron chi connectivity index (χ4n) is 2.37. The van der Waals surface area contributed by atoms with E-state index in [1.54, 1.807) is 12.5 Å². The van der Waals surface area contributed by atoms with Crippen LogP contribution in [-0.4, -0.2) is 33.7 Å². The molecule has 0 bridgehead atoms. The lowest BCUT2D eigenvalue weighted by molar-refractivity contribution is -0.384. The van der Waals surface area contributed by atoms with Crippen molar-refractivity contribution in [3.8, 4) is 5.75 Å². The third-order valence-corrected chi connectivity index (χ3v) is 3.95. The van der Waals surface area contributed by atoms with E-state index in [2.05, 4.69) is 15.6 Å². The molecule has 0 saturated carbocycles. The SMILES string of the molecule is COc1ccc([N+](=O)[O-])cc1NC(=O)NC(Cn1ccnc1)C(C)(C)C. The number of rotatable bonds is 6. The fourth-order valence-corrected chi connectivity index (χ4v) is 2.37. The number of imidazole rings is 1. The Labute approximate surface area is 151 Å². The van der Waals surface area contributed by atoms with Crippen molar-refractivity contribution in [1.82, 2.24) is 14.9 Å². The van der Waals surface area contributed by atoms with Crippen LogP contribution in [0.4, 0.5) is 16.2 Å². The molecule has 9 heteroatoms. The Hall–Kier alpha value is -3.10. The molecular formula is C17H23N5O4. The minimum absolute atomic E-state index is 0.133. The molecule has 1 heterocycles. The monoisotopic (exact) mass is 361 g/mol. The van der Waals surface area contributed by atoms with E-state index in [1.807, 2.05) is 31.5 Å². The molecular weight excluding hydrogens is 338 g/mol. The van der Waals surface area contributed by atoms with Gasteiger partial charge < -0.3 is 19.9 Å². The molecule has 1 atom stereocenters. The summed E-state index contributed by atoms with van der Waals surface area (Å²) in [6.45, 7) is 6.59. The number of carbonyl (C=O) groups excluding carboxylic acids is 1. The molecule has 2 amide bonds. The highest BCUT2D eigenvalue weighted by Crippen LogP contribution is 2.29. The number of hydrogen-bond donors (Lipinski definition) is 2. The molecule has 2 rings (SSSR count). The zero-order chi connectivity index (χ0) is 19.3. The number of benzene rings is 1. The molecule has 9 nitrogen and oxygen atoms in total. The van der Waals surface area contributed by atoms with Gasteiger partial charge >= 0.3 is 6.03 Å². The Bertz CT molecular complexity index is 768. The lowest BCUT2D eigenvalue weighted by Gasteiger charge is -2.31. The highest BCUT2D eigenvalue weighted by Gasteiger charge is 2.27. The van der Waals surface area contributed by atoms with Gasteiger partial charge in [-0.3, -0.25) is 10.1 Å². The van der Waals surface area contributed by atoms with Gasteiger partial charge in [0.2, 0.25) is 0 Å². The zero-order valence-corrected chi connectivity index (χ0v) is 15.2. The number of ether oxygens (including phenoxy) is 1. The van der Waals surface area contributed by atoms with Crippen LogP contribution in [0.2, 0.25) is 0 Å². The summed E-state index contributed by atoms with van der Waals surface area (Å²) in [5.74, 6) is 0.340. The molecule has 140 valence electrons. The van der Waals surface area contributed by atoms with Crippen molar-refractivity contribution in [1.29, 1.82) is 0 Å². The van der Waals surface area contributed by atoms with Crippen molar-refractivity contribution >= 4 is 17.4 Å². The number of non-ortho nitro benzene ring substituents is 1. The van der Waals surface area contributed by atoms with Crippen molar-refractivity contribution in [2.45, 2.75) is 33.4 Å². The van der Waals surface area contributed by atoms with Crippen LogP contribution in [0, 0.1) is 15.5 Å². The number of nitrogens with one attached hydrogen (secondary N) is 2. The summed E-state index contributed by atoms with van der Waals surface area (Å²) in [4.78, 5) is 26.9. The molecule has 0 aliphatic heterocycles. The number of methoxy groups -OCH3 is 1.